The van der Waals surface area contributed by atoms with Crippen LogP contribution in [-0.4, -0.2) is 45.9 Å². The third-order valence-corrected chi connectivity index (χ3v) is 4.04. The number of morpholine rings is 1. The molecular weight excluding hydrogens is 316 g/mol. The van der Waals surface area contributed by atoms with Gasteiger partial charge < -0.3 is 15.0 Å². The molecule has 1 aliphatic heterocycles. The zero-order valence-electron chi connectivity index (χ0n) is 12.3. The molecule has 0 atom stereocenters. The van der Waals surface area contributed by atoms with E-state index in [-0.39, 0.29) is 5.28 Å². The second-order valence-electron chi connectivity index (χ2n) is 5.21. The van der Waals surface area contributed by atoms with E-state index in [1.165, 1.54) is 16.5 Å². The first-order valence-corrected chi connectivity index (χ1v) is 7.73. The molecule has 1 aromatic carbocycles. The molecule has 7 nitrogen and oxygen atoms in total. The molecule has 1 aliphatic rings. The number of hydrogen-bond acceptors (Lipinski definition) is 6. The van der Waals surface area contributed by atoms with Crippen LogP contribution >= 0.6 is 11.6 Å². The minimum Gasteiger partial charge on any atom is -0.378 e. The van der Waals surface area contributed by atoms with Crippen molar-refractivity contribution >= 4 is 34.3 Å². The number of nitrogens with zero attached hydrogens (tertiary/aromatic N) is 5. The minimum absolute atomic E-state index is 0.283. The number of fused-ring (bicyclic) bond motifs is 1. The van der Waals surface area contributed by atoms with Crippen LogP contribution in [0.5, 0.6) is 0 Å². The van der Waals surface area contributed by atoms with Crippen molar-refractivity contribution < 1.29 is 4.74 Å². The van der Waals surface area contributed by atoms with Crippen molar-refractivity contribution in [1.82, 2.24) is 19.6 Å². The molecule has 0 amide bonds. The first-order chi connectivity index (χ1) is 11.3. The van der Waals surface area contributed by atoms with Crippen molar-refractivity contribution in [3.8, 4) is 0 Å². The number of nitrogens with one attached hydrogen (secondary N) is 1. The maximum Gasteiger partial charge on any atom is 0.225 e. The zero-order valence-corrected chi connectivity index (χ0v) is 13.1. The molecule has 3 heterocycles. The number of anilines is 3. The fraction of sp³-hybridized carbons (Fsp3) is 0.267. The van der Waals surface area contributed by atoms with E-state index in [4.69, 9.17) is 16.3 Å². The Balaban J connectivity index is 1.56. The molecule has 0 saturated carbocycles. The van der Waals surface area contributed by atoms with E-state index in [0.29, 0.717) is 5.65 Å². The average Bonchev–Trinajstić information content (AvgIpc) is 3.10. The molecule has 0 bridgehead atoms. The van der Waals surface area contributed by atoms with Gasteiger partial charge in [-0.15, -0.1) is 0 Å². The number of ether oxygens (including phenoxy) is 1. The molecular formula is C15H15ClN6O. The first kappa shape index (κ1) is 14.2. The van der Waals surface area contributed by atoms with Crippen LogP contribution in [0.15, 0.2) is 36.8 Å². The Morgan fingerprint density at radius 2 is 1.87 bits per heavy atom. The summed E-state index contributed by atoms with van der Waals surface area (Å²) in [6.07, 6.45) is 3.11. The van der Waals surface area contributed by atoms with Gasteiger partial charge in [0.2, 0.25) is 5.28 Å². The number of halogens is 1. The second-order valence-corrected chi connectivity index (χ2v) is 5.55. The van der Waals surface area contributed by atoms with Gasteiger partial charge in [-0.2, -0.15) is 9.61 Å². The zero-order chi connectivity index (χ0) is 15.6. The quantitative estimate of drug-likeness (QED) is 0.744. The van der Waals surface area contributed by atoms with Crippen LogP contribution in [-0.2, 0) is 4.74 Å². The van der Waals surface area contributed by atoms with Crippen LogP contribution in [0.4, 0.5) is 17.1 Å². The Kier molecular flexibility index (Phi) is 3.72. The van der Waals surface area contributed by atoms with E-state index < -0.39 is 0 Å². The summed E-state index contributed by atoms with van der Waals surface area (Å²) < 4.78 is 6.87. The van der Waals surface area contributed by atoms with Crippen molar-refractivity contribution in [3.63, 3.8) is 0 Å². The predicted molar refractivity (Wildman–Crippen MR) is 88.5 cm³/mol. The van der Waals surface area contributed by atoms with Gasteiger partial charge in [-0.25, -0.2) is 9.97 Å². The number of benzene rings is 1. The first-order valence-electron chi connectivity index (χ1n) is 7.35. The lowest BCUT2D eigenvalue weighted by Crippen LogP contribution is -2.36. The Hall–Kier alpha value is -2.38. The number of aromatic nitrogens is 4. The van der Waals surface area contributed by atoms with Gasteiger partial charge in [0.25, 0.3) is 0 Å². The molecule has 8 heteroatoms. The highest BCUT2D eigenvalue weighted by molar-refractivity contribution is 6.28. The highest BCUT2D eigenvalue weighted by Crippen LogP contribution is 2.24. The summed E-state index contributed by atoms with van der Waals surface area (Å²) in [5.74, 6) is 0. The van der Waals surface area contributed by atoms with Gasteiger partial charge in [-0.3, -0.25) is 0 Å². The molecule has 0 spiro atoms. The summed E-state index contributed by atoms with van der Waals surface area (Å²) in [7, 11) is 0. The third kappa shape index (κ3) is 2.80. The van der Waals surface area contributed by atoms with Gasteiger partial charge in [-0.1, -0.05) is 0 Å². The molecule has 2 aromatic heterocycles. The Bertz CT molecular complexity index is 812. The molecule has 1 saturated heterocycles. The number of hydrogen-bond donors (Lipinski definition) is 1. The SMILES string of the molecule is Clc1ncc(Nc2ccc(N3CCOCC3)cc2)c2ncnn12. The standard InChI is InChI=1S/C15H15ClN6O/c16-15-17-9-13(14-18-10-19-22(14)15)20-11-1-3-12(4-2-11)21-5-7-23-8-6-21/h1-4,9-10,20H,5-8H2. The van der Waals surface area contributed by atoms with Crippen LogP contribution in [0, 0.1) is 0 Å². The average molecular weight is 331 g/mol. The van der Waals surface area contributed by atoms with Crippen molar-refractivity contribution in [2.24, 2.45) is 0 Å². The van der Waals surface area contributed by atoms with Gasteiger partial charge in [0, 0.05) is 24.5 Å². The summed E-state index contributed by atoms with van der Waals surface area (Å²) in [5.41, 5.74) is 3.55. The maximum atomic E-state index is 5.99. The Morgan fingerprint density at radius 3 is 2.65 bits per heavy atom. The lowest BCUT2D eigenvalue weighted by atomic mass is 10.2. The molecule has 1 fully saturated rings. The molecule has 0 radical (unpaired) electrons. The topological polar surface area (TPSA) is 67.6 Å². The molecule has 0 aliphatic carbocycles. The molecule has 3 aromatic rings. The molecule has 1 N–H and O–H groups in total. The lowest BCUT2D eigenvalue weighted by Gasteiger charge is -2.28. The van der Waals surface area contributed by atoms with Gasteiger partial charge in [0.05, 0.1) is 19.4 Å². The fourth-order valence-electron chi connectivity index (χ4n) is 2.61. The van der Waals surface area contributed by atoms with E-state index >= 15 is 0 Å². The highest BCUT2D eigenvalue weighted by atomic mass is 35.5. The van der Waals surface area contributed by atoms with Gasteiger partial charge in [0.1, 0.15) is 12.0 Å². The van der Waals surface area contributed by atoms with E-state index in [2.05, 4.69) is 37.4 Å². The van der Waals surface area contributed by atoms with Gasteiger partial charge in [-0.05, 0) is 35.9 Å². The van der Waals surface area contributed by atoms with Crippen molar-refractivity contribution in [1.29, 1.82) is 0 Å². The maximum absolute atomic E-state index is 5.99. The smallest absolute Gasteiger partial charge is 0.225 e. The summed E-state index contributed by atoms with van der Waals surface area (Å²) in [4.78, 5) is 10.6. The third-order valence-electron chi connectivity index (χ3n) is 3.79. The van der Waals surface area contributed by atoms with Crippen molar-refractivity contribution in [2.45, 2.75) is 0 Å². The van der Waals surface area contributed by atoms with E-state index in [9.17, 15) is 0 Å². The molecule has 23 heavy (non-hydrogen) atoms. The molecule has 0 unspecified atom stereocenters. The van der Waals surface area contributed by atoms with E-state index in [0.717, 1.165) is 37.7 Å². The summed E-state index contributed by atoms with van der Waals surface area (Å²) in [5, 5.41) is 7.63. The van der Waals surface area contributed by atoms with Gasteiger partial charge >= 0.3 is 0 Å². The Labute approximate surface area is 137 Å². The minimum atomic E-state index is 0.283. The van der Waals surface area contributed by atoms with Crippen molar-refractivity contribution in [2.75, 3.05) is 36.5 Å². The summed E-state index contributed by atoms with van der Waals surface area (Å²) in [6, 6.07) is 8.26. The summed E-state index contributed by atoms with van der Waals surface area (Å²) >= 11 is 5.99. The largest absolute Gasteiger partial charge is 0.378 e. The molecule has 4 rings (SSSR count). The van der Waals surface area contributed by atoms with E-state index in [1.54, 1.807) is 6.20 Å². The van der Waals surface area contributed by atoms with Crippen LogP contribution in [0.1, 0.15) is 0 Å². The van der Waals surface area contributed by atoms with Crippen LogP contribution in [0.3, 0.4) is 0 Å². The van der Waals surface area contributed by atoms with Gasteiger partial charge in [0.15, 0.2) is 5.65 Å². The summed E-state index contributed by atoms with van der Waals surface area (Å²) in [6.45, 7) is 3.41. The lowest BCUT2D eigenvalue weighted by molar-refractivity contribution is 0.122. The van der Waals surface area contributed by atoms with E-state index in [1.807, 2.05) is 12.1 Å². The predicted octanol–water partition coefficient (Wildman–Crippen LogP) is 2.36. The van der Waals surface area contributed by atoms with Crippen molar-refractivity contribution in [3.05, 3.63) is 42.1 Å². The number of rotatable bonds is 3. The monoisotopic (exact) mass is 330 g/mol. The normalized spacial score (nSPS) is 15.1. The fourth-order valence-corrected chi connectivity index (χ4v) is 2.78. The van der Waals surface area contributed by atoms with Crippen LogP contribution in [0.2, 0.25) is 5.28 Å². The second kappa shape index (κ2) is 6.02. The molecule has 118 valence electrons. The van der Waals surface area contributed by atoms with Crippen LogP contribution in [0.25, 0.3) is 5.65 Å². The van der Waals surface area contributed by atoms with Crippen LogP contribution < -0.4 is 10.2 Å². The Morgan fingerprint density at radius 1 is 1.09 bits per heavy atom. The highest BCUT2D eigenvalue weighted by Gasteiger charge is 2.12.